The van der Waals surface area contributed by atoms with E-state index in [4.69, 9.17) is 14.2 Å². The maximum absolute atomic E-state index is 11.4. The Kier molecular flexibility index (Phi) is 19.2. The van der Waals surface area contributed by atoms with E-state index in [2.05, 4.69) is 32.4 Å². The van der Waals surface area contributed by atoms with E-state index in [0.29, 0.717) is 39.5 Å². The standard InChI is InChI=1S/C18H34O8S/c1-3-5-6-7-8-9-10-11-12-24-26-27(19,20)25-18-17-23-16-15-22-14-13-21-4-2/h3-10,13-18H2,1-2H3. The zero-order valence-corrected chi connectivity index (χ0v) is 17.4. The Labute approximate surface area is 164 Å². The number of ether oxygens (including phenoxy) is 3. The molecule has 0 fully saturated rings. The van der Waals surface area contributed by atoms with Crippen molar-refractivity contribution in [3.8, 4) is 12.0 Å². The smallest absolute Gasteiger partial charge is 0.379 e. The monoisotopic (exact) mass is 410 g/mol. The molecule has 0 saturated heterocycles. The summed E-state index contributed by atoms with van der Waals surface area (Å²) in [6.07, 6.45) is 9.80. The minimum atomic E-state index is -4.25. The molecule has 8 nitrogen and oxygen atoms in total. The largest absolute Gasteiger partial charge is 0.436 e. The van der Waals surface area contributed by atoms with Gasteiger partial charge in [-0.05, 0) is 17.7 Å². The lowest BCUT2D eigenvalue weighted by atomic mass is 10.1. The highest BCUT2D eigenvalue weighted by Crippen LogP contribution is 2.06. The first-order chi connectivity index (χ1) is 13.1. The van der Waals surface area contributed by atoms with Crippen molar-refractivity contribution in [2.45, 2.75) is 58.8 Å². The average molecular weight is 411 g/mol. The van der Waals surface area contributed by atoms with Crippen molar-refractivity contribution in [1.82, 2.24) is 0 Å². The first-order valence-electron chi connectivity index (χ1n) is 9.58. The van der Waals surface area contributed by atoms with Crippen molar-refractivity contribution in [3.63, 3.8) is 0 Å². The summed E-state index contributed by atoms with van der Waals surface area (Å²) in [6.45, 7) is 6.40. The summed E-state index contributed by atoms with van der Waals surface area (Å²) in [6, 6.07) is 0. The summed E-state index contributed by atoms with van der Waals surface area (Å²) in [5.41, 5.74) is 0. The van der Waals surface area contributed by atoms with E-state index < -0.39 is 10.4 Å². The van der Waals surface area contributed by atoms with E-state index in [1.807, 2.05) is 6.92 Å². The molecular formula is C18H34O8S. The van der Waals surface area contributed by atoms with Crippen LogP contribution in [-0.4, -0.2) is 54.7 Å². The molecule has 0 amide bonds. The zero-order valence-electron chi connectivity index (χ0n) is 16.6. The second-order valence-corrected chi connectivity index (χ2v) is 6.79. The van der Waals surface area contributed by atoms with Gasteiger partial charge in [0.15, 0.2) is 6.11 Å². The summed E-state index contributed by atoms with van der Waals surface area (Å²) in [5.74, 6) is 2.69. The van der Waals surface area contributed by atoms with Gasteiger partial charge in [-0.1, -0.05) is 44.9 Å². The van der Waals surface area contributed by atoms with Crippen molar-refractivity contribution in [2.24, 2.45) is 0 Å². The molecule has 27 heavy (non-hydrogen) atoms. The molecule has 0 aromatic heterocycles. The second kappa shape index (κ2) is 19.9. The van der Waals surface area contributed by atoms with E-state index in [1.165, 1.54) is 25.7 Å². The summed E-state index contributed by atoms with van der Waals surface area (Å²) in [5, 5.41) is 0. The Balaban J connectivity index is 3.47. The number of hydrogen-bond acceptors (Lipinski definition) is 8. The molecule has 0 aliphatic rings. The topological polar surface area (TPSA) is 89.5 Å². The van der Waals surface area contributed by atoms with E-state index in [1.54, 1.807) is 0 Å². The van der Waals surface area contributed by atoms with Gasteiger partial charge in [-0.3, -0.25) is 4.89 Å². The van der Waals surface area contributed by atoms with Gasteiger partial charge in [-0.15, -0.1) is 0 Å². The van der Waals surface area contributed by atoms with Crippen LogP contribution in [0.4, 0.5) is 0 Å². The van der Waals surface area contributed by atoms with Crippen LogP contribution in [0.15, 0.2) is 0 Å². The van der Waals surface area contributed by atoms with Crippen molar-refractivity contribution >= 4 is 10.4 Å². The van der Waals surface area contributed by atoms with Crippen molar-refractivity contribution in [3.05, 3.63) is 0 Å². The normalized spacial score (nSPS) is 11.2. The molecular weight excluding hydrogens is 376 g/mol. The Morgan fingerprint density at radius 2 is 1.33 bits per heavy atom. The fourth-order valence-corrected chi connectivity index (χ4v) is 2.36. The minimum Gasteiger partial charge on any atom is -0.379 e. The van der Waals surface area contributed by atoms with Gasteiger partial charge < -0.3 is 14.2 Å². The van der Waals surface area contributed by atoms with E-state index in [9.17, 15) is 8.42 Å². The van der Waals surface area contributed by atoms with Crippen LogP contribution < -0.4 is 0 Å². The van der Waals surface area contributed by atoms with Gasteiger partial charge in [-0.2, -0.15) is 8.42 Å². The van der Waals surface area contributed by atoms with Crippen LogP contribution in [0, 0.1) is 12.0 Å². The van der Waals surface area contributed by atoms with E-state index in [0.717, 1.165) is 12.8 Å². The van der Waals surface area contributed by atoms with Crippen LogP contribution in [0.25, 0.3) is 0 Å². The van der Waals surface area contributed by atoms with Gasteiger partial charge in [0.25, 0.3) is 0 Å². The predicted octanol–water partition coefficient (Wildman–Crippen LogP) is 2.98. The van der Waals surface area contributed by atoms with Crippen LogP contribution in [0.2, 0.25) is 0 Å². The van der Waals surface area contributed by atoms with Gasteiger partial charge >= 0.3 is 10.4 Å². The SMILES string of the molecule is CCCCCCCCC#COOS(=O)(=O)OCCOCCOCCOCC. The van der Waals surface area contributed by atoms with Crippen LogP contribution >= 0.6 is 0 Å². The molecule has 0 heterocycles. The molecule has 0 unspecified atom stereocenters. The lowest BCUT2D eigenvalue weighted by Gasteiger charge is -2.06. The van der Waals surface area contributed by atoms with Gasteiger partial charge in [0, 0.05) is 13.0 Å². The average Bonchev–Trinajstić information content (AvgIpc) is 2.64. The Bertz CT molecular complexity index is 469. The zero-order chi connectivity index (χ0) is 20.1. The van der Waals surface area contributed by atoms with E-state index >= 15 is 0 Å². The molecule has 0 aromatic rings. The molecule has 0 spiro atoms. The van der Waals surface area contributed by atoms with Crippen LogP contribution in [0.3, 0.4) is 0 Å². The molecule has 0 aliphatic heterocycles. The third-order valence-electron chi connectivity index (χ3n) is 3.29. The summed E-state index contributed by atoms with van der Waals surface area (Å²) in [4.78, 5) is 4.34. The number of hydrogen-bond donors (Lipinski definition) is 0. The fraction of sp³-hybridized carbons (Fsp3) is 0.889. The molecule has 0 atom stereocenters. The van der Waals surface area contributed by atoms with Crippen LogP contribution in [0.5, 0.6) is 0 Å². The maximum atomic E-state index is 11.4. The summed E-state index contributed by atoms with van der Waals surface area (Å²) >= 11 is 0. The number of rotatable bonds is 19. The molecule has 0 aliphatic carbocycles. The Morgan fingerprint density at radius 3 is 2.00 bits per heavy atom. The molecule has 0 N–H and O–H groups in total. The lowest BCUT2D eigenvalue weighted by molar-refractivity contribution is -0.139. The summed E-state index contributed by atoms with van der Waals surface area (Å²) < 4.78 is 46.9. The van der Waals surface area contributed by atoms with Gasteiger partial charge in [0.1, 0.15) is 0 Å². The van der Waals surface area contributed by atoms with Crippen molar-refractivity contribution < 1.29 is 36.0 Å². The first kappa shape index (κ1) is 26.1. The molecule has 9 heteroatoms. The van der Waals surface area contributed by atoms with Crippen molar-refractivity contribution in [1.29, 1.82) is 0 Å². The molecule has 0 rings (SSSR count). The predicted molar refractivity (Wildman–Crippen MR) is 101 cm³/mol. The molecule has 0 aromatic carbocycles. The van der Waals surface area contributed by atoms with Crippen molar-refractivity contribution in [2.75, 3.05) is 46.2 Å². The maximum Gasteiger partial charge on any atom is 0.436 e. The van der Waals surface area contributed by atoms with Crippen LogP contribution in [-0.2, 0) is 38.0 Å². The second-order valence-electron chi connectivity index (χ2n) is 5.60. The Morgan fingerprint density at radius 1 is 0.741 bits per heavy atom. The minimum absolute atomic E-state index is 0.0844. The third kappa shape index (κ3) is 21.3. The highest BCUT2D eigenvalue weighted by Gasteiger charge is 2.13. The highest BCUT2D eigenvalue weighted by molar-refractivity contribution is 7.81. The highest BCUT2D eigenvalue weighted by atomic mass is 32.3. The lowest BCUT2D eigenvalue weighted by Crippen LogP contribution is -2.15. The molecule has 0 saturated carbocycles. The molecule has 160 valence electrons. The van der Waals surface area contributed by atoms with Gasteiger partial charge in [-0.25, -0.2) is 4.18 Å². The molecule has 0 radical (unpaired) electrons. The van der Waals surface area contributed by atoms with Gasteiger partial charge in [0.2, 0.25) is 0 Å². The van der Waals surface area contributed by atoms with Crippen LogP contribution in [0.1, 0.15) is 58.8 Å². The fourth-order valence-electron chi connectivity index (χ4n) is 1.93. The summed E-state index contributed by atoms with van der Waals surface area (Å²) in [7, 11) is -4.25. The third-order valence-corrected chi connectivity index (χ3v) is 3.98. The molecule has 0 bridgehead atoms. The van der Waals surface area contributed by atoms with Gasteiger partial charge in [0.05, 0.1) is 39.6 Å². The van der Waals surface area contributed by atoms with E-state index in [-0.39, 0.29) is 13.2 Å². The Hall–Kier alpha value is -0.890. The first-order valence-corrected chi connectivity index (χ1v) is 10.9. The number of unbranched alkanes of at least 4 members (excludes halogenated alkanes) is 6. The quantitative estimate of drug-likeness (QED) is 0.139.